The molecule has 1 aromatic rings. The highest BCUT2D eigenvalue weighted by atomic mass is 16.7. The molecule has 0 amide bonds. The highest BCUT2D eigenvalue weighted by Gasteiger charge is 2.38. The first-order valence-corrected chi connectivity index (χ1v) is 6.56. The molecule has 0 fully saturated rings. The molecule has 0 radical (unpaired) electrons. The quantitative estimate of drug-likeness (QED) is 0.582. The van der Waals surface area contributed by atoms with Crippen LogP contribution in [0.2, 0.25) is 0 Å². The molecule has 0 N–H and O–H groups in total. The number of carbonyl (C=O) groups excluding carboxylic acids is 2. The molecular weight excluding hydrogens is 248 g/mol. The third kappa shape index (κ3) is 2.77. The average Bonchev–Trinajstić information content (AvgIpc) is 2.87. The van der Waals surface area contributed by atoms with Gasteiger partial charge in [-0.3, -0.25) is 9.59 Å². The molecule has 1 aliphatic carbocycles. The van der Waals surface area contributed by atoms with Crippen LogP contribution < -0.4 is 0 Å². The van der Waals surface area contributed by atoms with Crippen LogP contribution in [-0.2, 0) is 20.7 Å². The van der Waals surface area contributed by atoms with Gasteiger partial charge in [0.25, 0.3) is 0 Å². The molecule has 19 heavy (non-hydrogen) atoms. The van der Waals surface area contributed by atoms with Gasteiger partial charge in [-0.1, -0.05) is 0 Å². The smallest absolute Gasteiger partial charge is 0.218 e. The van der Waals surface area contributed by atoms with E-state index in [2.05, 4.69) is 0 Å². The van der Waals surface area contributed by atoms with Crippen molar-refractivity contribution < 1.29 is 23.5 Å². The van der Waals surface area contributed by atoms with Gasteiger partial charge in [-0.25, -0.2) is 0 Å². The fraction of sp³-hybridized carbons (Fsp3) is 0.571. The van der Waals surface area contributed by atoms with Crippen molar-refractivity contribution in [3.63, 3.8) is 0 Å². The molecule has 1 unspecified atom stereocenters. The zero-order valence-corrected chi connectivity index (χ0v) is 11.2. The van der Waals surface area contributed by atoms with Crippen molar-refractivity contribution >= 4 is 11.6 Å². The highest BCUT2D eigenvalue weighted by Crippen LogP contribution is 2.28. The number of furan rings is 1. The Morgan fingerprint density at radius 3 is 2.74 bits per heavy atom. The first kappa shape index (κ1) is 14.0. The summed E-state index contributed by atoms with van der Waals surface area (Å²) in [5.41, 5.74) is 0.511. The second-order valence-electron chi connectivity index (χ2n) is 4.36. The normalized spacial score (nSPS) is 18.7. The summed E-state index contributed by atoms with van der Waals surface area (Å²) in [5.74, 6) is -0.503. The molecule has 104 valence electrons. The molecule has 5 nitrogen and oxygen atoms in total. The van der Waals surface area contributed by atoms with Crippen molar-refractivity contribution in [1.82, 2.24) is 0 Å². The van der Waals surface area contributed by atoms with E-state index in [4.69, 9.17) is 13.9 Å². The van der Waals surface area contributed by atoms with E-state index in [1.165, 1.54) is 6.26 Å². The van der Waals surface area contributed by atoms with Crippen molar-refractivity contribution in [1.29, 1.82) is 0 Å². The number of carbonyl (C=O) groups is 2. The summed E-state index contributed by atoms with van der Waals surface area (Å²) in [6.07, 6.45) is 1.58. The van der Waals surface area contributed by atoms with Crippen LogP contribution in [0.15, 0.2) is 16.7 Å². The van der Waals surface area contributed by atoms with Gasteiger partial charge in [-0.05, 0) is 26.3 Å². The predicted molar refractivity (Wildman–Crippen MR) is 66.9 cm³/mol. The van der Waals surface area contributed by atoms with Gasteiger partial charge in [-0.2, -0.15) is 0 Å². The molecule has 5 heteroatoms. The zero-order valence-electron chi connectivity index (χ0n) is 11.2. The summed E-state index contributed by atoms with van der Waals surface area (Å²) in [4.78, 5) is 24.6. The van der Waals surface area contributed by atoms with E-state index in [9.17, 15) is 9.59 Å². The van der Waals surface area contributed by atoms with Crippen molar-refractivity contribution in [3.8, 4) is 0 Å². The van der Waals surface area contributed by atoms with E-state index in [1.54, 1.807) is 19.9 Å². The van der Waals surface area contributed by atoms with E-state index in [-0.39, 0.29) is 11.6 Å². The number of rotatable bonds is 6. The lowest BCUT2D eigenvalue weighted by Crippen LogP contribution is -2.39. The topological polar surface area (TPSA) is 65.7 Å². The lowest BCUT2D eigenvalue weighted by Gasteiger charge is -2.23. The Hall–Kier alpha value is -1.46. The Kier molecular flexibility index (Phi) is 4.50. The van der Waals surface area contributed by atoms with E-state index < -0.39 is 12.2 Å². The predicted octanol–water partition coefficient (Wildman–Crippen LogP) is 1.99. The van der Waals surface area contributed by atoms with Gasteiger partial charge >= 0.3 is 0 Å². The van der Waals surface area contributed by atoms with Crippen molar-refractivity contribution in [2.45, 2.75) is 33.0 Å². The average molecular weight is 266 g/mol. The van der Waals surface area contributed by atoms with Gasteiger partial charge in [0, 0.05) is 19.6 Å². The highest BCUT2D eigenvalue weighted by molar-refractivity contribution is 6.12. The van der Waals surface area contributed by atoms with Gasteiger partial charge in [0.1, 0.15) is 5.76 Å². The van der Waals surface area contributed by atoms with E-state index in [0.717, 1.165) is 0 Å². The zero-order chi connectivity index (χ0) is 13.8. The van der Waals surface area contributed by atoms with Crippen LogP contribution in [0.4, 0.5) is 0 Å². The van der Waals surface area contributed by atoms with Crippen LogP contribution >= 0.6 is 0 Å². The van der Waals surface area contributed by atoms with Crippen LogP contribution in [0.5, 0.6) is 0 Å². The van der Waals surface area contributed by atoms with E-state index in [1.807, 2.05) is 0 Å². The summed E-state index contributed by atoms with van der Waals surface area (Å²) in [6, 6.07) is 1.62. The van der Waals surface area contributed by atoms with Gasteiger partial charge in [0.15, 0.2) is 11.6 Å². The van der Waals surface area contributed by atoms with Crippen molar-refractivity contribution in [2.24, 2.45) is 5.92 Å². The minimum Gasteiger partial charge on any atom is -0.469 e. The van der Waals surface area contributed by atoms with Gasteiger partial charge in [-0.15, -0.1) is 0 Å². The van der Waals surface area contributed by atoms with Gasteiger partial charge in [0.2, 0.25) is 6.29 Å². The maximum absolute atomic E-state index is 12.3. The molecular formula is C14H18O5. The molecule has 1 aliphatic rings. The third-order valence-corrected chi connectivity index (χ3v) is 3.20. The number of ketones is 2. The molecule has 0 bridgehead atoms. The summed E-state index contributed by atoms with van der Waals surface area (Å²) in [5, 5.41) is 0. The monoisotopic (exact) mass is 266 g/mol. The summed E-state index contributed by atoms with van der Waals surface area (Å²) < 4.78 is 15.8. The number of Topliss-reactive ketones (excluding diaryl/α,β-unsaturated/α-hetero) is 2. The standard InChI is InChI=1S/C14H18O5/c1-3-17-14(18-4-2)13(16)10-5-6-11-9(12(10)15)7-8-19-11/h7-8,10,14H,3-6H2,1-2H3. The Labute approximate surface area is 111 Å². The lowest BCUT2D eigenvalue weighted by molar-refractivity contribution is -0.170. The van der Waals surface area contributed by atoms with E-state index >= 15 is 0 Å². The molecule has 0 saturated heterocycles. The lowest BCUT2D eigenvalue weighted by atomic mass is 9.83. The molecule has 0 aliphatic heterocycles. The molecule has 1 aromatic heterocycles. The Morgan fingerprint density at radius 1 is 1.42 bits per heavy atom. The molecule has 0 spiro atoms. The SMILES string of the molecule is CCOC(OCC)C(=O)C1CCc2occc2C1=O. The maximum Gasteiger partial charge on any atom is 0.218 e. The second kappa shape index (κ2) is 6.12. The number of hydrogen-bond donors (Lipinski definition) is 0. The molecule has 0 saturated carbocycles. The van der Waals surface area contributed by atoms with Crippen LogP contribution in [0.3, 0.4) is 0 Å². The van der Waals surface area contributed by atoms with Crippen molar-refractivity contribution in [3.05, 3.63) is 23.7 Å². The summed E-state index contributed by atoms with van der Waals surface area (Å²) in [7, 11) is 0. The van der Waals surface area contributed by atoms with E-state index in [0.29, 0.717) is 37.4 Å². The largest absolute Gasteiger partial charge is 0.469 e. The van der Waals surface area contributed by atoms with Crippen molar-refractivity contribution in [2.75, 3.05) is 13.2 Å². The first-order chi connectivity index (χ1) is 9.19. The molecule has 2 rings (SSSR count). The van der Waals surface area contributed by atoms with Crippen LogP contribution in [0.25, 0.3) is 0 Å². The summed E-state index contributed by atoms with van der Waals surface area (Å²) in [6.45, 7) is 4.31. The maximum atomic E-state index is 12.3. The Balaban J connectivity index is 2.13. The Morgan fingerprint density at radius 2 is 2.11 bits per heavy atom. The minimum atomic E-state index is -0.947. The molecule has 0 aromatic carbocycles. The Bertz CT molecular complexity index is 456. The number of fused-ring (bicyclic) bond motifs is 1. The van der Waals surface area contributed by atoms with Gasteiger partial charge in [0.05, 0.1) is 17.7 Å². The van der Waals surface area contributed by atoms with Crippen LogP contribution in [-0.4, -0.2) is 31.1 Å². The molecule has 1 heterocycles. The molecule has 1 atom stereocenters. The number of aryl methyl sites for hydroxylation is 1. The van der Waals surface area contributed by atoms with Crippen LogP contribution in [0, 0.1) is 5.92 Å². The second-order valence-corrected chi connectivity index (χ2v) is 4.36. The van der Waals surface area contributed by atoms with Crippen LogP contribution in [0.1, 0.15) is 36.4 Å². The minimum absolute atomic E-state index is 0.190. The van der Waals surface area contributed by atoms with Gasteiger partial charge < -0.3 is 13.9 Å². The third-order valence-electron chi connectivity index (χ3n) is 3.20. The fourth-order valence-corrected chi connectivity index (χ4v) is 2.30. The first-order valence-electron chi connectivity index (χ1n) is 6.56. The number of ether oxygens (including phenoxy) is 2. The summed E-state index contributed by atoms with van der Waals surface area (Å²) >= 11 is 0. The number of hydrogen-bond acceptors (Lipinski definition) is 5. The fourth-order valence-electron chi connectivity index (χ4n) is 2.30.